The van der Waals surface area contributed by atoms with Crippen LogP contribution in [0.1, 0.15) is 5.56 Å². The third-order valence-electron chi connectivity index (χ3n) is 4.87. The molecule has 29 heavy (non-hydrogen) atoms. The molecule has 0 bridgehead atoms. The van der Waals surface area contributed by atoms with Gasteiger partial charge >= 0.3 is 0 Å². The minimum Gasteiger partial charge on any atom is -0.227 e. The first-order valence-corrected chi connectivity index (χ1v) is 9.35. The SMILES string of the molecule is N#Cc1cc2c(-c3ccccc3)nn(-c3ccccc3)c2nc1-c1ccccc1. The summed E-state index contributed by atoms with van der Waals surface area (Å²) < 4.78 is 1.85. The Labute approximate surface area is 168 Å². The molecule has 2 heterocycles. The molecule has 0 aliphatic rings. The van der Waals surface area contributed by atoms with Crippen LogP contribution in [-0.4, -0.2) is 14.8 Å². The molecule has 0 unspecified atom stereocenters. The Bertz CT molecular complexity index is 1330. The number of nitriles is 1. The molecule has 3 aromatic carbocycles. The van der Waals surface area contributed by atoms with Gasteiger partial charge in [-0.15, -0.1) is 0 Å². The van der Waals surface area contributed by atoms with Crippen molar-refractivity contribution >= 4 is 11.0 Å². The number of para-hydroxylation sites is 1. The van der Waals surface area contributed by atoms with E-state index in [-0.39, 0.29) is 0 Å². The molecule has 0 aliphatic carbocycles. The van der Waals surface area contributed by atoms with E-state index in [1.165, 1.54) is 0 Å². The smallest absolute Gasteiger partial charge is 0.164 e. The van der Waals surface area contributed by atoms with Crippen molar-refractivity contribution in [3.05, 3.63) is 103 Å². The molecule has 0 aliphatic heterocycles. The van der Waals surface area contributed by atoms with Gasteiger partial charge in [0, 0.05) is 16.5 Å². The highest BCUT2D eigenvalue weighted by molar-refractivity contribution is 5.94. The van der Waals surface area contributed by atoms with E-state index in [0.717, 1.165) is 33.5 Å². The number of rotatable bonds is 3. The third-order valence-corrected chi connectivity index (χ3v) is 4.87. The molecule has 5 rings (SSSR count). The Hall–Kier alpha value is -4.23. The van der Waals surface area contributed by atoms with Gasteiger partial charge in [-0.3, -0.25) is 0 Å². The van der Waals surface area contributed by atoms with Crippen molar-refractivity contribution in [2.45, 2.75) is 0 Å². The summed E-state index contributed by atoms with van der Waals surface area (Å²) in [7, 11) is 0. The quantitative estimate of drug-likeness (QED) is 0.413. The second-order valence-electron chi connectivity index (χ2n) is 6.70. The summed E-state index contributed by atoms with van der Waals surface area (Å²) in [6.07, 6.45) is 0. The van der Waals surface area contributed by atoms with E-state index in [1.54, 1.807) is 0 Å². The van der Waals surface area contributed by atoms with Gasteiger partial charge < -0.3 is 0 Å². The molecule has 0 amide bonds. The zero-order valence-corrected chi connectivity index (χ0v) is 15.5. The lowest BCUT2D eigenvalue weighted by Gasteiger charge is -2.06. The highest BCUT2D eigenvalue weighted by atomic mass is 15.3. The van der Waals surface area contributed by atoms with Crippen molar-refractivity contribution in [3.8, 4) is 34.3 Å². The van der Waals surface area contributed by atoms with Crippen LogP contribution >= 0.6 is 0 Å². The average Bonchev–Trinajstić information content (AvgIpc) is 3.18. The van der Waals surface area contributed by atoms with Crippen molar-refractivity contribution in [3.63, 3.8) is 0 Å². The number of pyridine rings is 1. The van der Waals surface area contributed by atoms with Gasteiger partial charge in [-0.1, -0.05) is 78.9 Å². The molecule has 0 saturated heterocycles. The van der Waals surface area contributed by atoms with Crippen LogP contribution in [-0.2, 0) is 0 Å². The van der Waals surface area contributed by atoms with Crippen LogP contribution in [0.2, 0.25) is 0 Å². The van der Waals surface area contributed by atoms with E-state index in [0.29, 0.717) is 11.3 Å². The number of nitrogens with zero attached hydrogens (tertiary/aromatic N) is 4. The maximum atomic E-state index is 9.81. The van der Waals surface area contributed by atoms with E-state index in [9.17, 15) is 5.26 Å². The summed E-state index contributed by atoms with van der Waals surface area (Å²) in [6.45, 7) is 0. The van der Waals surface area contributed by atoms with Crippen LogP contribution < -0.4 is 0 Å². The minimum atomic E-state index is 0.536. The van der Waals surface area contributed by atoms with Crippen molar-refractivity contribution in [2.75, 3.05) is 0 Å². The maximum absolute atomic E-state index is 9.81. The summed E-state index contributed by atoms with van der Waals surface area (Å²) in [5, 5.41) is 15.5. The fourth-order valence-electron chi connectivity index (χ4n) is 3.50. The molecular weight excluding hydrogens is 356 g/mol. The second-order valence-corrected chi connectivity index (χ2v) is 6.70. The van der Waals surface area contributed by atoms with Crippen LogP contribution in [0.25, 0.3) is 39.2 Å². The molecule has 0 saturated carbocycles. The molecule has 136 valence electrons. The van der Waals surface area contributed by atoms with Gasteiger partial charge in [0.2, 0.25) is 0 Å². The number of hydrogen-bond donors (Lipinski definition) is 0. The van der Waals surface area contributed by atoms with E-state index in [1.807, 2.05) is 102 Å². The normalized spacial score (nSPS) is 10.7. The molecule has 5 aromatic rings. The van der Waals surface area contributed by atoms with E-state index >= 15 is 0 Å². The minimum absolute atomic E-state index is 0.536. The van der Waals surface area contributed by atoms with Gasteiger partial charge in [0.1, 0.15) is 11.8 Å². The summed E-state index contributed by atoms with van der Waals surface area (Å²) in [5.41, 5.74) is 5.57. The Kier molecular flexibility index (Phi) is 4.12. The fraction of sp³-hybridized carbons (Fsp3) is 0. The third kappa shape index (κ3) is 2.95. The predicted octanol–water partition coefficient (Wildman–Crippen LogP) is 5.63. The molecular formula is C25H16N4. The van der Waals surface area contributed by atoms with Gasteiger partial charge in [0.05, 0.1) is 16.9 Å². The number of fused-ring (bicyclic) bond motifs is 1. The van der Waals surface area contributed by atoms with E-state index in [4.69, 9.17) is 10.1 Å². The molecule has 0 radical (unpaired) electrons. The largest absolute Gasteiger partial charge is 0.227 e. The summed E-state index contributed by atoms with van der Waals surface area (Å²) in [6, 6.07) is 33.9. The Morgan fingerprint density at radius 1 is 0.690 bits per heavy atom. The van der Waals surface area contributed by atoms with Gasteiger partial charge in [-0.05, 0) is 18.2 Å². The van der Waals surface area contributed by atoms with Crippen LogP contribution in [0.4, 0.5) is 0 Å². The van der Waals surface area contributed by atoms with Gasteiger partial charge in [0.15, 0.2) is 5.65 Å². The number of hydrogen-bond acceptors (Lipinski definition) is 3. The zero-order valence-electron chi connectivity index (χ0n) is 15.5. The maximum Gasteiger partial charge on any atom is 0.164 e. The summed E-state index contributed by atoms with van der Waals surface area (Å²) in [5.74, 6) is 0. The van der Waals surface area contributed by atoms with Crippen molar-refractivity contribution in [2.24, 2.45) is 0 Å². The van der Waals surface area contributed by atoms with E-state index < -0.39 is 0 Å². The van der Waals surface area contributed by atoms with Crippen LogP contribution in [0.15, 0.2) is 97.1 Å². The first-order chi connectivity index (χ1) is 14.3. The monoisotopic (exact) mass is 372 g/mol. The molecule has 0 N–H and O–H groups in total. The highest BCUT2D eigenvalue weighted by Crippen LogP contribution is 2.32. The second kappa shape index (κ2) is 7.06. The number of benzene rings is 3. The first kappa shape index (κ1) is 16.9. The molecule has 4 nitrogen and oxygen atoms in total. The Balaban J connectivity index is 1.86. The highest BCUT2D eigenvalue weighted by Gasteiger charge is 2.18. The number of aromatic nitrogens is 3. The Morgan fingerprint density at radius 3 is 1.83 bits per heavy atom. The van der Waals surface area contributed by atoms with Gasteiger partial charge in [-0.2, -0.15) is 10.4 Å². The van der Waals surface area contributed by atoms with Gasteiger partial charge in [0.25, 0.3) is 0 Å². The first-order valence-electron chi connectivity index (χ1n) is 9.35. The van der Waals surface area contributed by atoms with Crippen LogP contribution in [0.5, 0.6) is 0 Å². The molecule has 4 heteroatoms. The fourth-order valence-corrected chi connectivity index (χ4v) is 3.50. The standard InChI is InChI=1S/C25H16N4/c26-17-20-16-22-24(19-12-6-2-7-13-19)28-29(21-14-8-3-9-15-21)25(22)27-23(20)18-10-4-1-5-11-18/h1-16H. The lowest BCUT2D eigenvalue weighted by Crippen LogP contribution is -1.99. The average molecular weight is 372 g/mol. The topological polar surface area (TPSA) is 54.5 Å². The predicted molar refractivity (Wildman–Crippen MR) is 114 cm³/mol. The summed E-state index contributed by atoms with van der Waals surface area (Å²) in [4.78, 5) is 4.92. The molecule has 0 atom stereocenters. The van der Waals surface area contributed by atoms with Crippen molar-refractivity contribution < 1.29 is 0 Å². The lowest BCUT2D eigenvalue weighted by molar-refractivity contribution is 0.901. The zero-order chi connectivity index (χ0) is 19.6. The van der Waals surface area contributed by atoms with E-state index in [2.05, 4.69) is 6.07 Å². The summed E-state index contributed by atoms with van der Waals surface area (Å²) >= 11 is 0. The molecule has 2 aromatic heterocycles. The van der Waals surface area contributed by atoms with Crippen molar-refractivity contribution in [1.82, 2.24) is 14.8 Å². The molecule has 0 fully saturated rings. The van der Waals surface area contributed by atoms with Crippen LogP contribution in [0, 0.1) is 11.3 Å². The Morgan fingerprint density at radius 2 is 1.24 bits per heavy atom. The van der Waals surface area contributed by atoms with Crippen molar-refractivity contribution in [1.29, 1.82) is 5.26 Å². The molecule has 0 spiro atoms. The lowest BCUT2D eigenvalue weighted by atomic mass is 10.0. The van der Waals surface area contributed by atoms with Gasteiger partial charge in [-0.25, -0.2) is 9.67 Å². The van der Waals surface area contributed by atoms with Crippen LogP contribution in [0.3, 0.4) is 0 Å².